The Morgan fingerprint density at radius 1 is 1.37 bits per heavy atom. The van der Waals surface area contributed by atoms with Crippen molar-refractivity contribution >= 4 is 11.7 Å². The van der Waals surface area contributed by atoms with Gasteiger partial charge in [-0.1, -0.05) is 26.0 Å². The lowest BCUT2D eigenvalue weighted by Gasteiger charge is -2.33. The summed E-state index contributed by atoms with van der Waals surface area (Å²) in [6.07, 6.45) is 0. The van der Waals surface area contributed by atoms with Crippen LogP contribution < -0.4 is 10.1 Å². The summed E-state index contributed by atoms with van der Waals surface area (Å²) in [5, 5.41) is 3.26. The Morgan fingerprint density at radius 3 is 2.53 bits per heavy atom. The molecule has 0 spiro atoms. The van der Waals surface area contributed by atoms with Crippen molar-refractivity contribution in [1.82, 2.24) is 0 Å². The Morgan fingerprint density at radius 2 is 2.00 bits per heavy atom. The first-order chi connectivity index (χ1) is 8.95. The fraction of sp³-hybridized carbons (Fsp3) is 0.533. The smallest absolute Gasteiger partial charge is 0.331 e. The molecule has 106 valence electrons. The van der Waals surface area contributed by atoms with Crippen molar-refractivity contribution in [2.45, 2.75) is 33.2 Å². The summed E-state index contributed by atoms with van der Waals surface area (Å²) in [6.45, 7) is 8.00. The summed E-state index contributed by atoms with van der Waals surface area (Å²) >= 11 is 0. The second-order valence-electron chi connectivity index (χ2n) is 4.90. The molecule has 0 aliphatic rings. The topological polar surface area (TPSA) is 47.6 Å². The van der Waals surface area contributed by atoms with E-state index in [0.29, 0.717) is 12.4 Å². The zero-order valence-electron chi connectivity index (χ0n) is 12.3. The molecule has 4 heteroatoms. The molecule has 0 bridgehead atoms. The summed E-state index contributed by atoms with van der Waals surface area (Å²) in [7, 11) is 1.61. The van der Waals surface area contributed by atoms with Crippen molar-refractivity contribution in [3.05, 3.63) is 24.3 Å². The van der Waals surface area contributed by atoms with E-state index in [0.717, 1.165) is 5.69 Å². The highest BCUT2D eigenvalue weighted by molar-refractivity contribution is 5.85. The Kier molecular flexibility index (Phi) is 5.21. The first kappa shape index (κ1) is 15.3. The van der Waals surface area contributed by atoms with Crippen LogP contribution in [0.2, 0.25) is 0 Å². The number of benzene rings is 1. The maximum absolute atomic E-state index is 12.2. The van der Waals surface area contributed by atoms with Gasteiger partial charge in [0.2, 0.25) is 0 Å². The number of hydrogen-bond donors (Lipinski definition) is 1. The molecular weight excluding hydrogens is 242 g/mol. The number of ether oxygens (including phenoxy) is 2. The van der Waals surface area contributed by atoms with Gasteiger partial charge in [-0.15, -0.1) is 0 Å². The summed E-state index contributed by atoms with van der Waals surface area (Å²) in [6, 6.07) is 7.53. The van der Waals surface area contributed by atoms with Gasteiger partial charge in [-0.2, -0.15) is 0 Å². The number of carbonyl (C=O) groups excluding carboxylic acids is 1. The van der Waals surface area contributed by atoms with E-state index in [9.17, 15) is 4.79 Å². The standard InChI is InChI=1S/C15H23NO3/c1-6-19-14(17)15(4,11(2)3)16-12-9-7-8-10-13(12)18-5/h7-11,16H,6H2,1-5H3. The quantitative estimate of drug-likeness (QED) is 0.803. The van der Waals surface area contributed by atoms with Crippen molar-refractivity contribution in [2.24, 2.45) is 5.92 Å². The fourth-order valence-electron chi connectivity index (χ4n) is 1.74. The lowest BCUT2D eigenvalue weighted by Crippen LogP contribution is -2.49. The number of nitrogens with one attached hydrogen (secondary N) is 1. The van der Waals surface area contributed by atoms with Crippen LogP contribution in [0, 0.1) is 5.92 Å². The zero-order chi connectivity index (χ0) is 14.5. The van der Waals surface area contributed by atoms with E-state index in [1.165, 1.54) is 0 Å². The summed E-state index contributed by atoms with van der Waals surface area (Å²) < 4.78 is 10.5. The SMILES string of the molecule is CCOC(=O)C(C)(Nc1ccccc1OC)C(C)C. The molecule has 1 unspecified atom stereocenters. The molecule has 1 rings (SSSR count). The number of rotatable bonds is 6. The summed E-state index contributed by atoms with van der Waals surface area (Å²) in [5.74, 6) is 0.533. The highest BCUT2D eigenvalue weighted by atomic mass is 16.5. The van der Waals surface area contributed by atoms with Gasteiger partial charge in [0.15, 0.2) is 0 Å². The highest BCUT2D eigenvalue weighted by Gasteiger charge is 2.38. The minimum Gasteiger partial charge on any atom is -0.495 e. The third kappa shape index (κ3) is 3.40. The first-order valence-electron chi connectivity index (χ1n) is 6.54. The molecule has 0 saturated carbocycles. The average Bonchev–Trinajstić information content (AvgIpc) is 2.39. The molecule has 0 radical (unpaired) electrons. The van der Waals surface area contributed by atoms with Gasteiger partial charge < -0.3 is 14.8 Å². The number of para-hydroxylation sites is 2. The van der Waals surface area contributed by atoms with E-state index >= 15 is 0 Å². The molecule has 1 aromatic rings. The maximum atomic E-state index is 12.2. The van der Waals surface area contributed by atoms with Crippen LogP contribution in [0.5, 0.6) is 5.75 Å². The van der Waals surface area contributed by atoms with Crippen molar-refractivity contribution in [3.8, 4) is 5.75 Å². The second kappa shape index (κ2) is 6.45. The second-order valence-corrected chi connectivity index (χ2v) is 4.90. The number of esters is 1. The number of anilines is 1. The highest BCUT2D eigenvalue weighted by Crippen LogP contribution is 2.30. The lowest BCUT2D eigenvalue weighted by atomic mass is 9.88. The van der Waals surface area contributed by atoms with Gasteiger partial charge in [-0.05, 0) is 31.9 Å². The molecule has 0 saturated heterocycles. The molecule has 19 heavy (non-hydrogen) atoms. The Labute approximate surface area is 115 Å². The van der Waals surface area contributed by atoms with E-state index in [-0.39, 0.29) is 11.9 Å². The molecule has 0 amide bonds. The van der Waals surface area contributed by atoms with Gasteiger partial charge in [0, 0.05) is 0 Å². The van der Waals surface area contributed by atoms with E-state index in [2.05, 4.69) is 5.32 Å². The largest absolute Gasteiger partial charge is 0.495 e. The molecule has 0 fully saturated rings. The van der Waals surface area contributed by atoms with E-state index in [1.54, 1.807) is 7.11 Å². The summed E-state index contributed by atoms with van der Waals surface area (Å²) in [4.78, 5) is 12.2. The van der Waals surface area contributed by atoms with E-state index in [1.807, 2.05) is 52.0 Å². The predicted octanol–water partition coefficient (Wildman–Crippen LogP) is 3.08. The zero-order valence-corrected chi connectivity index (χ0v) is 12.3. The molecule has 1 aromatic carbocycles. The first-order valence-corrected chi connectivity index (χ1v) is 6.54. The van der Waals surface area contributed by atoms with E-state index in [4.69, 9.17) is 9.47 Å². The van der Waals surface area contributed by atoms with Crippen molar-refractivity contribution in [3.63, 3.8) is 0 Å². The van der Waals surface area contributed by atoms with Gasteiger partial charge in [0.05, 0.1) is 19.4 Å². The van der Waals surface area contributed by atoms with Gasteiger partial charge in [0.1, 0.15) is 11.3 Å². The molecule has 0 heterocycles. The van der Waals surface area contributed by atoms with Crippen molar-refractivity contribution in [1.29, 1.82) is 0 Å². The van der Waals surface area contributed by atoms with Crippen LogP contribution in [-0.4, -0.2) is 25.2 Å². The van der Waals surface area contributed by atoms with Crippen LogP contribution in [-0.2, 0) is 9.53 Å². The van der Waals surface area contributed by atoms with Crippen molar-refractivity contribution in [2.75, 3.05) is 19.0 Å². The third-order valence-corrected chi connectivity index (χ3v) is 3.36. The molecule has 0 aliphatic heterocycles. The fourth-order valence-corrected chi connectivity index (χ4v) is 1.74. The normalized spacial score (nSPS) is 13.8. The van der Waals surface area contributed by atoms with Crippen LogP contribution in [0.1, 0.15) is 27.7 Å². The Balaban J connectivity index is 3.05. The number of hydrogen-bond acceptors (Lipinski definition) is 4. The molecule has 4 nitrogen and oxygen atoms in total. The molecular formula is C15H23NO3. The van der Waals surface area contributed by atoms with Crippen LogP contribution in [0.3, 0.4) is 0 Å². The minimum absolute atomic E-state index is 0.0801. The molecule has 0 aliphatic carbocycles. The average molecular weight is 265 g/mol. The monoisotopic (exact) mass is 265 g/mol. The van der Waals surface area contributed by atoms with Crippen LogP contribution in [0.15, 0.2) is 24.3 Å². The van der Waals surface area contributed by atoms with Gasteiger partial charge >= 0.3 is 5.97 Å². The number of methoxy groups -OCH3 is 1. The van der Waals surface area contributed by atoms with E-state index < -0.39 is 5.54 Å². The van der Waals surface area contributed by atoms with Crippen LogP contribution in [0.25, 0.3) is 0 Å². The molecule has 1 N–H and O–H groups in total. The molecule has 1 atom stereocenters. The summed E-state index contributed by atoms with van der Waals surface area (Å²) in [5.41, 5.74) is -0.000715. The van der Waals surface area contributed by atoms with Gasteiger partial charge in [-0.3, -0.25) is 0 Å². The number of carbonyl (C=O) groups is 1. The van der Waals surface area contributed by atoms with Gasteiger partial charge in [0.25, 0.3) is 0 Å². The maximum Gasteiger partial charge on any atom is 0.331 e. The minimum atomic E-state index is -0.787. The van der Waals surface area contributed by atoms with Crippen molar-refractivity contribution < 1.29 is 14.3 Å². The molecule has 0 aromatic heterocycles. The Hall–Kier alpha value is -1.71. The Bertz CT molecular complexity index is 431. The third-order valence-electron chi connectivity index (χ3n) is 3.36. The van der Waals surface area contributed by atoms with Crippen LogP contribution >= 0.6 is 0 Å². The van der Waals surface area contributed by atoms with Crippen LogP contribution in [0.4, 0.5) is 5.69 Å². The predicted molar refractivity (Wildman–Crippen MR) is 76.5 cm³/mol. The van der Waals surface area contributed by atoms with Gasteiger partial charge in [-0.25, -0.2) is 4.79 Å². The lowest BCUT2D eigenvalue weighted by molar-refractivity contribution is -0.149.